The summed E-state index contributed by atoms with van der Waals surface area (Å²) in [5.41, 5.74) is 4.97. The smallest absolute Gasteiger partial charge is 0.340 e. The standard InChI is InChI=1S/C5H10FNO2/c1-9-5(8)4(6)2-3-7/h4H,2-3,7H2,1H3. The third-order valence-electron chi connectivity index (χ3n) is 0.877. The predicted octanol–water partition coefficient (Wildman–Crippen LogP) is -0.154. The summed E-state index contributed by atoms with van der Waals surface area (Å²) in [6, 6.07) is 0. The van der Waals surface area contributed by atoms with Crippen molar-refractivity contribution in [1.82, 2.24) is 0 Å². The van der Waals surface area contributed by atoms with Crippen molar-refractivity contribution in [1.29, 1.82) is 0 Å². The van der Waals surface area contributed by atoms with Crippen molar-refractivity contribution in [2.75, 3.05) is 13.7 Å². The first kappa shape index (κ1) is 8.36. The molecule has 0 bridgehead atoms. The zero-order valence-electron chi connectivity index (χ0n) is 5.26. The first-order chi connectivity index (χ1) is 4.22. The van der Waals surface area contributed by atoms with Crippen LogP contribution in [0.25, 0.3) is 0 Å². The molecule has 0 aliphatic carbocycles. The van der Waals surface area contributed by atoms with Crippen LogP contribution in [0, 0.1) is 0 Å². The van der Waals surface area contributed by atoms with Crippen LogP contribution in [-0.2, 0) is 9.53 Å². The first-order valence-corrected chi connectivity index (χ1v) is 2.64. The van der Waals surface area contributed by atoms with Gasteiger partial charge in [-0.15, -0.1) is 0 Å². The number of carbonyl (C=O) groups is 1. The van der Waals surface area contributed by atoms with E-state index in [1.54, 1.807) is 0 Å². The zero-order chi connectivity index (χ0) is 7.28. The summed E-state index contributed by atoms with van der Waals surface area (Å²) in [6.45, 7) is 0.163. The summed E-state index contributed by atoms with van der Waals surface area (Å²) in [4.78, 5) is 10.2. The monoisotopic (exact) mass is 135 g/mol. The molecule has 9 heavy (non-hydrogen) atoms. The summed E-state index contributed by atoms with van der Waals surface area (Å²) in [6.07, 6.45) is -1.52. The fourth-order valence-corrected chi connectivity index (χ4v) is 0.392. The Morgan fingerprint density at radius 1 is 1.89 bits per heavy atom. The number of halogens is 1. The van der Waals surface area contributed by atoms with Crippen molar-refractivity contribution in [2.45, 2.75) is 12.6 Å². The summed E-state index contributed by atoms with van der Waals surface area (Å²) in [5, 5.41) is 0. The van der Waals surface area contributed by atoms with Gasteiger partial charge in [0.25, 0.3) is 0 Å². The molecule has 0 amide bonds. The molecule has 0 radical (unpaired) electrons. The lowest BCUT2D eigenvalue weighted by Crippen LogP contribution is -2.20. The van der Waals surface area contributed by atoms with Crippen LogP contribution in [-0.4, -0.2) is 25.8 Å². The molecular weight excluding hydrogens is 125 g/mol. The van der Waals surface area contributed by atoms with Crippen molar-refractivity contribution >= 4 is 5.97 Å². The predicted molar refractivity (Wildman–Crippen MR) is 30.6 cm³/mol. The Bertz CT molecular complexity index is 97.0. The molecule has 54 valence electrons. The molecule has 0 rings (SSSR count). The van der Waals surface area contributed by atoms with Gasteiger partial charge in [-0.2, -0.15) is 0 Å². The van der Waals surface area contributed by atoms with E-state index in [0.717, 1.165) is 7.11 Å². The van der Waals surface area contributed by atoms with Crippen molar-refractivity contribution in [3.63, 3.8) is 0 Å². The lowest BCUT2D eigenvalue weighted by molar-refractivity contribution is -0.146. The summed E-state index contributed by atoms with van der Waals surface area (Å²) in [7, 11) is 1.14. The summed E-state index contributed by atoms with van der Waals surface area (Å²) >= 11 is 0. The van der Waals surface area contributed by atoms with Gasteiger partial charge in [-0.05, 0) is 6.54 Å². The highest BCUT2D eigenvalue weighted by Crippen LogP contribution is 1.97. The minimum absolute atomic E-state index is 0.0344. The van der Waals surface area contributed by atoms with E-state index in [9.17, 15) is 9.18 Å². The van der Waals surface area contributed by atoms with E-state index in [1.807, 2.05) is 0 Å². The third-order valence-corrected chi connectivity index (χ3v) is 0.877. The number of methoxy groups -OCH3 is 1. The maximum atomic E-state index is 12.2. The number of hydrogen-bond donors (Lipinski definition) is 1. The van der Waals surface area contributed by atoms with E-state index in [2.05, 4.69) is 4.74 Å². The summed E-state index contributed by atoms with van der Waals surface area (Å²) in [5.74, 6) is -0.847. The van der Waals surface area contributed by atoms with E-state index in [4.69, 9.17) is 5.73 Å². The highest BCUT2D eigenvalue weighted by Gasteiger charge is 2.15. The van der Waals surface area contributed by atoms with Gasteiger partial charge in [-0.1, -0.05) is 0 Å². The Hall–Kier alpha value is -0.640. The molecule has 3 nitrogen and oxygen atoms in total. The number of carbonyl (C=O) groups excluding carboxylic acids is 1. The molecular formula is C5H10FNO2. The molecule has 0 aliphatic heterocycles. The molecule has 1 atom stereocenters. The number of rotatable bonds is 3. The van der Waals surface area contributed by atoms with Crippen LogP contribution >= 0.6 is 0 Å². The number of hydrogen-bond acceptors (Lipinski definition) is 3. The van der Waals surface area contributed by atoms with Gasteiger partial charge in [-0.3, -0.25) is 0 Å². The Morgan fingerprint density at radius 3 is 2.78 bits per heavy atom. The molecule has 0 aromatic heterocycles. The van der Waals surface area contributed by atoms with Crippen LogP contribution in [0.3, 0.4) is 0 Å². The lowest BCUT2D eigenvalue weighted by atomic mass is 10.3. The molecule has 0 fully saturated rings. The largest absolute Gasteiger partial charge is 0.467 e. The van der Waals surface area contributed by atoms with E-state index in [1.165, 1.54) is 0 Å². The van der Waals surface area contributed by atoms with Gasteiger partial charge >= 0.3 is 5.97 Å². The van der Waals surface area contributed by atoms with Crippen LogP contribution in [0.5, 0.6) is 0 Å². The molecule has 0 aliphatic rings. The number of ether oxygens (including phenoxy) is 1. The van der Waals surface area contributed by atoms with Crippen LogP contribution in [0.15, 0.2) is 0 Å². The average Bonchev–Trinajstić information content (AvgIpc) is 1.87. The van der Waals surface area contributed by atoms with E-state index >= 15 is 0 Å². The maximum absolute atomic E-state index is 12.2. The van der Waals surface area contributed by atoms with Gasteiger partial charge < -0.3 is 10.5 Å². The van der Waals surface area contributed by atoms with Gasteiger partial charge in [-0.25, -0.2) is 9.18 Å². The van der Waals surface area contributed by atoms with Gasteiger partial charge in [0, 0.05) is 6.42 Å². The van der Waals surface area contributed by atoms with Gasteiger partial charge in [0.05, 0.1) is 7.11 Å². The number of alkyl halides is 1. The van der Waals surface area contributed by atoms with E-state index in [-0.39, 0.29) is 13.0 Å². The fourth-order valence-electron chi connectivity index (χ4n) is 0.392. The van der Waals surface area contributed by atoms with Crippen LogP contribution < -0.4 is 5.73 Å². The maximum Gasteiger partial charge on any atom is 0.340 e. The van der Waals surface area contributed by atoms with Crippen LogP contribution in [0.1, 0.15) is 6.42 Å². The van der Waals surface area contributed by atoms with Crippen molar-refractivity contribution < 1.29 is 13.9 Å². The van der Waals surface area contributed by atoms with Crippen molar-refractivity contribution in [2.24, 2.45) is 5.73 Å². The van der Waals surface area contributed by atoms with Crippen molar-refractivity contribution in [3.05, 3.63) is 0 Å². The molecule has 0 aromatic carbocycles. The highest BCUT2D eigenvalue weighted by molar-refractivity contribution is 5.74. The third kappa shape index (κ3) is 3.03. The number of esters is 1. The average molecular weight is 135 g/mol. The summed E-state index contributed by atoms with van der Waals surface area (Å²) < 4.78 is 16.3. The Labute approximate surface area is 53.0 Å². The first-order valence-electron chi connectivity index (χ1n) is 2.64. The van der Waals surface area contributed by atoms with Gasteiger partial charge in [0.1, 0.15) is 0 Å². The van der Waals surface area contributed by atoms with Crippen LogP contribution in [0.4, 0.5) is 4.39 Å². The molecule has 1 unspecified atom stereocenters. The van der Waals surface area contributed by atoms with Crippen molar-refractivity contribution in [3.8, 4) is 0 Å². The second-order valence-corrected chi connectivity index (χ2v) is 1.57. The molecule has 0 aromatic rings. The normalized spacial score (nSPS) is 12.8. The highest BCUT2D eigenvalue weighted by atomic mass is 19.1. The molecule has 0 saturated heterocycles. The Morgan fingerprint density at radius 2 is 2.44 bits per heavy atom. The molecule has 0 spiro atoms. The topological polar surface area (TPSA) is 52.3 Å². The molecule has 0 saturated carbocycles. The molecule has 2 N–H and O–H groups in total. The fraction of sp³-hybridized carbons (Fsp3) is 0.800. The lowest BCUT2D eigenvalue weighted by Gasteiger charge is -2.01. The van der Waals surface area contributed by atoms with Gasteiger partial charge in [0.15, 0.2) is 6.17 Å². The van der Waals surface area contributed by atoms with E-state index in [0.29, 0.717) is 0 Å². The van der Waals surface area contributed by atoms with E-state index < -0.39 is 12.1 Å². The second kappa shape index (κ2) is 4.26. The zero-order valence-corrected chi connectivity index (χ0v) is 5.26. The Kier molecular flexibility index (Phi) is 3.96. The quantitative estimate of drug-likeness (QED) is 0.547. The Balaban J connectivity index is 3.45. The molecule has 4 heteroatoms. The number of nitrogens with two attached hydrogens (primary N) is 1. The van der Waals surface area contributed by atoms with Gasteiger partial charge in [0.2, 0.25) is 0 Å². The SMILES string of the molecule is COC(=O)C(F)CCN. The molecule has 0 heterocycles. The second-order valence-electron chi connectivity index (χ2n) is 1.57. The minimum Gasteiger partial charge on any atom is -0.467 e. The van der Waals surface area contributed by atoms with Crippen LogP contribution in [0.2, 0.25) is 0 Å². The minimum atomic E-state index is -1.56.